The summed E-state index contributed by atoms with van der Waals surface area (Å²) in [5.41, 5.74) is 17.3. The quantitative estimate of drug-likeness (QED) is 0.143. The molecule has 3 heteroatoms. The predicted octanol–water partition coefficient (Wildman–Crippen LogP) is 17.0. The van der Waals surface area contributed by atoms with E-state index in [1.807, 2.05) is 11.3 Å². The normalized spacial score (nSPS) is 14.0. The van der Waals surface area contributed by atoms with E-state index < -0.39 is 0 Å². The highest BCUT2D eigenvalue weighted by molar-refractivity contribution is 7.26. The van der Waals surface area contributed by atoms with Gasteiger partial charge in [0.25, 0.3) is 0 Å². The number of benzene rings is 9. The van der Waals surface area contributed by atoms with Gasteiger partial charge in [-0.1, -0.05) is 170 Å². The number of para-hydroxylation sites is 4. The Morgan fingerprint density at radius 1 is 0.406 bits per heavy atom. The van der Waals surface area contributed by atoms with Crippen LogP contribution in [0, 0.1) is 0 Å². The number of rotatable bonds is 9. The molecule has 0 bridgehead atoms. The second-order valence-corrected chi connectivity index (χ2v) is 17.8. The summed E-state index contributed by atoms with van der Waals surface area (Å²) < 4.78 is 2.53. The molecule has 0 aliphatic heterocycles. The fourth-order valence-electron chi connectivity index (χ4n) is 10.5. The zero-order chi connectivity index (χ0) is 42.5. The van der Waals surface area contributed by atoms with E-state index in [1.54, 1.807) is 0 Å². The van der Waals surface area contributed by atoms with Crippen molar-refractivity contribution in [3.63, 3.8) is 0 Å². The molecule has 10 aromatic rings. The minimum atomic E-state index is -0.344. The molecule has 2 aliphatic carbocycles. The zero-order valence-electron chi connectivity index (χ0n) is 35.3. The lowest BCUT2D eigenvalue weighted by atomic mass is 9.65. The van der Waals surface area contributed by atoms with E-state index in [2.05, 4.69) is 252 Å². The van der Waals surface area contributed by atoms with E-state index >= 15 is 0 Å². The fourth-order valence-corrected chi connectivity index (χ4v) is 11.7. The molecule has 0 spiro atoms. The van der Waals surface area contributed by atoms with Gasteiger partial charge in [0.05, 0.1) is 15.8 Å². The fraction of sp³-hybridized carbons (Fsp3) is 0.0492. The number of anilines is 6. The van der Waals surface area contributed by atoms with Gasteiger partial charge in [0, 0.05) is 43.9 Å². The maximum absolute atomic E-state index is 2.52. The monoisotopic (exact) mass is 836 g/mol. The topological polar surface area (TPSA) is 6.48 Å². The third kappa shape index (κ3) is 6.23. The smallest absolute Gasteiger partial charge is 0.0676 e. The van der Waals surface area contributed by atoms with Crippen LogP contribution in [0.5, 0.6) is 0 Å². The summed E-state index contributed by atoms with van der Waals surface area (Å²) in [6.07, 6.45) is 4.46. The SMILES string of the molecule is C1=C(c2ccc3sc4c(N(c5ccccc5)c5ccccc5)cc(N(c5ccccc5)c5ccccc5)cc4c3c2)CCC2=C1c1ccccc1C2(c1ccccc1)c1ccccc1. The molecule has 0 fully saturated rings. The summed E-state index contributed by atoms with van der Waals surface area (Å²) >= 11 is 1.89. The summed E-state index contributed by atoms with van der Waals surface area (Å²) in [5.74, 6) is 0. The van der Waals surface area contributed by atoms with Gasteiger partial charge in [0.1, 0.15) is 0 Å². The van der Waals surface area contributed by atoms with Crippen molar-refractivity contribution in [2.24, 2.45) is 0 Å². The Morgan fingerprint density at radius 2 is 0.906 bits per heavy atom. The number of hydrogen-bond donors (Lipinski definition) is 0. The molecule has 1 aromatic heterocycles. The number of hydrogen-bond acceptors (Lipinski definition) is 3. The first-order chi connectivity index (χ1) is 31.8. The highest BCUT2D eigenvalue weighted by Crippen LogP contribution is 2.58. The van der Waals surface area contributed by atoms with Crippen molar-refractivity contribution >= 4 is 76.8 Å². The average molecular weight is 837 g/mol. The molecular formula is C61H44N2S. The molecule has 0 saturated heterocycles. The van der Waals surface area contributed by atoms with E-state index in [9.17, 15) is 0 Å². The van der Waals surface area contributed by atoms with Gasteiger partial charge < -0.3 is 9.80 Å². The minimum absolute atomic E-state index is 0.344. The van der Waals surface area contributed by atoms with Crippen molar-refractivity contribution < 1.29 is 0 Å². The first-order valence-electron chi connectivity index (χ1n) is 22.2. The Morgan fingerprint density at radius 3 is 1.47 bits per heavy atom. The van der Waals surface area contributed by atoms with Gasteiger partial charge in [0.2, 0.25) is 0 Å². The molecule has 0 unspecified atom stereocenters. The standard InChI is InChI=1S/C61H44N2S/c1-7-21-45(22-8-1)61(46-23-9-2-10-24-46)56-34-20-19-33-52(56)53-39-43(35-37-57(53)61)44-36-38-59-54(40-44)55-41-51(62(47-25-11-3-12-26-47)48-27-13-4-14-28-48)42-58(60(55)64-59)63(49-29-15-5-16-30-49)50-31-17-6-18-32-50/h1-34,36,38-42H,35,37H2. The van der Waals surface area contributed by atoms with Crippen LogP contribution in [0.1, 0.15) is 40.7 Å². The van der Waals surface area contributed by atoms with Crippen LogP contribution >= 0.6 is 11.3 Å². The van der Waals surface area contributed by atoms with Crippen LogP contribution in [0.3, 0.4) is 0 Å². The van der Waals surface area contributed by atoms with Gasteiger partial charge in [-0.3, -0.25) is 0 Å². The summed E-state index contributed by atoms with van der Waals surface area (Å²) in [7, 11) is 0. The molecule has 64 heavy (non-hydrogen) atoms. The van der Waals surface area contributed by atoms with E-state index in [-0.39, 0.29) is 5.41 Å². The van der Waals surface area contributed by atoms with Crippen molar-refractivity contribution in [3.05, 3.63) is 276 Å². The van der Waals surface area contributed by atoms with Gasteiger partial charge in [-0.25, -0.2) is 0 Å². The predicted molar refractivity (Wildman–Crippen MR) is 272 cm³/mol. The highest BCUT2D eigenvalue weighted by Gasteiger charge is 2.47. The maximum Gasteiger partial charge on any atom is 0.0676 e. The molecular weight excluding hydrogens is 793 g/mol. The minimum Gasteiger partial charge on any atom is -0.310 e. The van der Waals surface area contributed by atoms with Crippen LogP contribution in [-0.4, -0.2) is 0 Å². The summed E-state index contributed by atoms with van der Waals surface area (Å²) in [5, 5.41) is 2.52. The molecule has 0 radical (unpaired) electrons. The molecule has 0 amide bonds. The lowest BCUT2D eigenvalue weighted by Crippen LogP contribution is -2.30. The summed E-state index contributed by atoms with van der Waals surface area (Å²) in [6.45, 7) is 0. The molecule has 2 aliphatic rings. The molecule has 0 saturated carbocycles. The van der Waals surface area contributed by atoms with Crippen molar-refractivity contribution in [3.8, 4) is 0 Å². The Labute approximate surface area is 379 Å². The van der Waals surface area contributed by atoms with Crippen molar-refractivity contribution in [1.29, 1.82) is 0 Å². The van der Waals surface area contributed by atoms with Gasteiger partial charge in [-0.05, 0) is 130 Å². The Hall–Kier alpha value is -7.72. The lowest BCUT2D eigenvalue weighted by Gasteiger charge is -2.36. The van der Waals surface area contributed by atoms with Crippen molar-refractivity contribution in [2.75, 3.05) is 9.80 Å². The van der Waals surface area contributed by atoms with Crippen LogP contribution in [0.4, 0.5) is 34.1 Å². The first kappa shape index (κ1) is 38.0. The van der Waals surface area contributed by atoms with Crippen molar-refractivity contribution in [2.45, 2.75) is 18.3 Å². The second-order valence-electron chi connectivity index (χ2n) is 16.8. The molecule has 0 N–H and O–H groups in total. The zero-order valence-corrected chi connectivity index (χ0v) is 36.1. The van der Waals surface area contributed by atoms with Crippen molar-refractivity contribution in [1.82, 2.24) is 0 Å². The summed E-state index contributed by atoms with van der Waals surface area (Å²) in [6, 6.07) is 86.6. The van der Waals surface area contributed by atoms with Crippen LogP contribution in [0.15, 0.2) is 248 Å². The highest BCUT2D eigenvalue weighted by atomic mass is 32.1. The number of nitrogens with zero attached hydrogens (tertiary/aromatic N) is 2. The molecule has 9 aromatic carbocycles. The van der Waals surface area contributed by atoms with Gasteiger partial charge >= 0.3 is 0 Å². The Balaban J connectivity index is 1.08. The van der Waals surface area contributed by atoms with E-state index in [1.165, 1.54) is 64.7 Å². The van der Waals surface area contributed by atoms with Crippen LogP contribution in [0.2, 0.25) is 0 Å². The first-order valence-corrected chi connectivity index (χ1v) is 23.0. The largest absolute Gasteiger partial charge is 0.310 e. The molecule has 1 heterocycles. The summed E-state index contributed by atoms with van der Waals surface area (Å²) in [4.78, 5) is 4.82. The average Bonchev–Trinajstić information content (AvgIpc) is 3.89. The lowest BCUT2D eigenvalue weighted by molar-refractivity contribution is 0.699. The third-order valence-electron chi connectivity index (χ3n) is 13.2. The third-order valence-corrected chi connectivity index (χ3v) is 14.4. The molecule has 2 nitrogen and oxygen atoms in total. The number of allylic oxidation sites excluding steroid dienone is 4. The van der Waals surface area contributed by atoms with Crippen LogP contribution in [-0.2, 0) is 5.41 Å². The van der Waals surface area contributed by atoms with E-state index in [0.717, 1.165) is 47.0 Å². The molecule has 304 valence electrons. The van der Waals surface area contributed by atoms with E-state index in [4.69, 9.17) is 0 Å². The van der Waals surface area contributed by atoms with Gasteiger partial charge in [-0.2, -0.15) is 0 Å². The Kier molecular flexibility index (Phi) is 9.43. The Bertz CT molecular complexity index is 3240. The van der Waals surface area contributed by atoms with Crippen LogP contribution in [0.25, 0.3) is 31.3 Å². The number of thiophene rings is 1. The van der Waals surface area contributed by atoms with E-state index in [0.29, 0.717) is 0 Å². The van der Waals surface area contributed by atoms with Gasteiger partial charge in [-0.15, -0.1) is 11.3 Å². The second kappa shape index (κ2) is 15.9. The number of fused-ring (bicyclic) bond motifs is 5. The molecule has 0 atom stereocenters. The molecule has 12 rings (SSSR count). The maximum atomic E-state index is 2.52. The van der Waals surface area contributed by atoms with Gasteiger partial charge in [0.15, 0.2) is 0 Å². The van der Waals surface area contributed by atoms with Crippen LogP contribution < -0.4 is 9.80 Å².